The summed E-state index contributed by atoms with van der Waals surface area (Å²) in [5.74, 6) is 0.378. The van der Waals surface area contributed by atoms with E-state index in [0.717, 1.165) is 6.07 Å². The highest BCUT2D eigenvalue weighted by atomic mass is 19.3. The van der Waals surface area contributed by atoms with Gasteiger partial charge in [0.15, 0.2) is 0 Å². The van der Waals surface area contributed by atoms with Crippen molar-refractivity contribution in [2.45, 2.75) is 19.9 Å². The Morgan fingerprint density at radius 2 is 1.92 bits per heavy atom. The van der Waals surface area contributed by atoms with E-state index in [1.807, 2.05) is 4.90 Å². The third-order valence-electron chi connectivity index (χ3n) is 7.21. The van der Waals surface area contributed by atoms with E-state index in [-0.39, 0.29) is 23.7 Å². The molecule has 5 rings (SSSR count). The van der Waals surface area contributed by atoms with Crippen LogP contribution in [0.25, 0.3) is 10.9 Å². The van der Waals surface area contributed by atoms with Crippen molar-refractivity contribution in [3.8, 4) is 0 Å². The van der Waals surface area contributed by atoms with E-state index >= 15 is 0 Å². The zero-order valence-electron chi connectivity index (χ0n) is 21.8. The minimum Gasteiger partial charge on any atom is -0.399 e. The molecule has 12 heteroatoms. The molecule has 208 valence electrons. The lowest BCUT2D eigenvalue weighted by atomic mass is 10.0. The van der Waals surface area contributed by atoms with Crippen molar-refractivity contribution in [3.05, 3.63) is 52.6 Å². The number of rotatable bonds is 9. The van der Waals surface area contributed by atoms with Crippen LogP contribution in [0.2, 0.25) is 0 Å². The number of nitrogens with zero attached hydrogens (tertiary/aromatic N) is 3. The number of hydrogen-bond acceptors (Lipinski definition) is 8. The van der Waals surface area contributed by atoms with E-state index in [9.17, 15) is 18.0 Å². The number of carbonyl (C=O) groups excluding carboxylic acids is 1. The number of hydrogen-bond donors (Lipinski definition) is 3. The monoisotopic (exact) mass is 544 g/mol. The van der Waals surface area contributed by atoms with E-state index in [0.29, 0.717) is 85.1 Å². The van der Waals surface area contributed by atoms with Gasteiger partial charge in [-0.15, -0.1) is 0 Å². The molecule has 0 aliphatic carbocycles. The lowest BCUT2D eigenvalue weighted by Gasteiger charge is -2.21. The molecule has 0 radical (unpaired) electrons. The van der Waals surface area contributed by atoms with Crippen molar-refractivity contribution in [3.63, 3.8) is 0 Å². The Balaban J connectivity index is 1.49. The number of alkyl halides is 2. The van der Waals surface area contributed by atoms with Crippen LogP contribution in [0.15, 0.2) is 24.3 Å². The van der Waals surface area contributed by atoms with Gasteiger partial charge in [-0.1, -0.05) is 0 Å². The van der Waals surface area contributed by atoms with Crippen LogP contribution in [-0.2, 0) is 16.0 Å². The number of methoxy groups -OCH3 is 1. The molecule has 0 bridgehead atoms. The summed E-state index contributed by atoms with van der Waals surface area (Å²) < 4.78 is 52.0. The number of nitrogens with one attached hydrogen (secondary N) is 2. The molecule has 39 heavy (non-hydrogen) atoms. The van der Waals surface area contributed by atoms with Crippen LogP contribution in [0, 0.1) is 24.6 Å². The first-order valence-electron chi connectivity index (χ1n) is 12.8. The SMILES string of the molecule is COCCNc1cc2c(NCc3cc(N)cc(C(F)F)c3F)nc(C)nc2cc1C(=O)N1CC2COCC2C1. The Morgan fingerprint density at radius 3 is 2.62 bits per heavy atom. The first kappa shape index (κ1) is 26.9. The van der Waals surface area contributed by atoms with Crippen LogP contribution in [0.1, 0.15) is 33.7 Å². The fraction of sp³-hybridized carbons (Fsp3) is 0.444. The molecule has 2 aliphatic rings. The van der Waals surface area contributed by atoms with Crippen LogP contribution < -0.4 is 16.4 Å². The summed E-state index contributed by atoms with van der Waals surface area (Å²) in [4.78, 5) is 24.5. The third kappa shape index (κ3) is 5.57. The van der Waals surface area contributed by atoms with E-state index in [1.54, 1.807) is 26.2 Å². The van der Waals surface area contributed by atoms with Crippen molar-refractivity contribution in [1.29, 1.82) is 0 Å². The average molecular weight is 545 g/mol. The number of fused-ring (bicyclic) bond motifs is 2. The lowest BCUT2D eigenvalue weighted by Crippen LogP contribution is -2.31. The molecule has 0 spiro atoms. The molecule has 3 heterocycles. The van der Waals surface area contributed by atoms with Gasteiger partial charge in [-0.25, -0.2) is 23.1 Å². The van der Waals surface area contributed by atoms with Crippen LogP contribution in [-0.4, -0.2) is 67.3 Å². The maximum absolute atomic E-state index is 14.7. The number of halogens is 3. The Kier molecular flexibility index (Phi) is 7.76. The van der Waals surface area contributed by atoms with Gasteiger partial charge in [0.25, 0.3) is 12.3 Å². The fourth-order valence-electron chi connectivity index (χ4n) is 5.26. The quantitative estimate of drug-likeness (QED) is 0.274. The highest BCUT2D eigenvalue weighted by molar-refractivity contribution is 6.05. The smallest absolute Gasteiger partial charge is 0.266 e. The lowest BCUT2D eigenvalue weighted by molar-refractivity contribution is 0.0752. The largest absolute Gasteiger partial charge is 0.399 e. The van der Waals surface area contributed by atoms with E-state index < -0.39 is 17.8 Å². The molecule has 9 nitrogen and oxygen atoms in total. The molecule has 2 unspecified atom stereocenters. The van der Waals surface area contributed by atoms with Gasteiger partial charge in [-0.2, -0.15) is 0 Å². The molecule has 2 fully saturated rings. The minimum absolute atomic E-state index is 0.0106. The summed E-state index contributed by atoms with van der Waals surface area (Å²) in [6.45, 7) is 5.07. The second-order valence-corrected chi connectivity index (χ2v) is 9.96. The molecule has 2 aromatic carbocycles. The second-order valence-electron chi connectivity index (χ2n) is 9.96. The van der Waals surface area contributed by atoms with Crippen molar-refractivity contribution in [2.75, 3.05) is 62.9 Å². The summed E-state index contributed by atoms with van der Waals surface area (Å²) in [7, 11) is 1.59. The van der Waals surface area contributed by atoms with Gasteiger partial charge in [0, 0.05) is 67.4 Å². The van der Waals surface area contributed by atoms with Crippen LogP contribution >= 0.6 is 0 Å². The number of nitrogen functional groups attached to an aromatic ring is 1. The third-order valence-corrected chi connectivity index (χ3v) is 7.21. The Bertz CT molecular complexity index is 1380. The maximum atomic E-state index is 14.7. The number of anilines is 3. The zero-order chi connectivity index (χ0) is 27.7. The second kappa shape index (κ2) is 11.2. The summed E-state index contributed by atoms with van der Waals surface area (Å²) in [6, 6.07) is 5.76. The van der Waals surface area contributed by atoms with Gasteiger partial charge in [-0.3, -0.25) is 4.79 Å². The Hall–Kier alpha value is -3.64. The molecule has 1 amide bonds. The molecule has 2 saturated heterocycles. The molecule has 4 N–H and O–H groups in total. The fourth-order valence-corrected chi connectivity index (χ4v) is 5.26. The molecular formula is C27H31F3N6O3. The number of likely N-dealkylation sites (tertiary alicyclic amines) is 1. The molecule has 2 aliphatic heterocycles. The number of carbonyl (C=O) groups is 1. The van der Waals surface area contributed by atoms with Gasteiger partial charge >= 0.3 is 0 Å². The van der Waals surface area contributed by atoms with E-state index in [2.05, 4.69) is 20.6 Å². The van der Waals surface area contributed by atoms with Gasteiger partial charge < -0.3 is 30.7 Å². The predicted octanol–water partition coefficient (Wildman–Crippen LogP) is 3.99. The molecule has 0 saturated carbocycles. The molecular weight excluding hydrogens is 513 g/mol. The van der Waals surface area contributed by atoms with Crippen molar-refractivity contribution in [1.82, 2.24) is 14.9 Å². The van der Waals surface area contributed by atoms with Crippen LogP contribution in [0.3, 0.4) is 0 Å². The van der Waals surface area contributed by atoms with Gasteiger partial charge in [0.05, 0.1) is 36.5 Å². The number of ether oxygens (including phenoxy) is 2. The number of benzene rings is 2. The zero-order valence-corrected chi connectivity index (χ0v) is 21.8. The highest BCUT2D eigenvalue weighted by Crippen LogP contribution is 2.34. The summed E-state index contributed by atoms with van der Waals surface area (Å²) in [6.07, 6.45) is -2.99. The first-order valence-corrected chi connectivity index (χ1v) is 12.8. The Labute approximate surface area is 223 Å². The van der Waals surface area contributed by atoms with Crippen LogP contribution in [0.4, 0.5) is 30.4 Å². The highest BCUT2D eigenvalue weighted by Gasteiger charge is 2.39. The molecule has 2 atom stereocenters. The number of nitrogens with two attached hydrogens (primary N) is 1. The normalized spacial score (nSPS) is 18.7. The molecule has 3 aromatic rings. The van der Waals surface area contributed by atoms with E-state index in [4.69, 9.17) is 15.2 Å². The predicted molar refractivity (Wildman–Crippen MR) is 141 cm³/mol. The average Bonchev–Trinajstić information content (AvgIpc) is 3.51. The van der Waals surface area contributed by atoms with Gasteiger partial charge in [0.1, 0.15) is 17.5 Å². The van der Waals surface area contributed by atoms with Gasteiger partial charge in [-0.05, 0) is 31.2 Å². The van der Waals surface area contributed by atoms with Crippen LogP contribution in [0.5, 0.6) is 0 Å². The number of aromatic nitrogens is 2. The van der Waals surface area contributed by atoms with Crippen molar-refractivity contribution < 1.29 is 27.4 Å². The molecule has 1 aromatic heterocycles. The summed E-state index contributed by atoms with van der Waals surface area (Å²) >= 11 is 0. The van der Waals surface area contributed by atoms with Crippen molar-refractivity contribution in [2.24, 2.45) is 11.8 Å². The van der Waals surface area contributed by atoms with Crippen molar-refractivity contribution >= 4 is 34.0 Å². The Morgan fingerprint density at radius 1 is 1.18 bits per heavy atom. The first-order chi connectivity index (χ1) is 18.7. The van der Waals surface area contributed by atoms with E-state index in [1.165, 1.54) is 6.07 Å². The standard InChI is InChI=1S/C27H31F3N6O3/c1-14-34-23-8-20(27(37)36-10-16-12-39-13-17(16)11-36)22(32-3-4-38-2)7-19(23)26(35-14)33-9-15-5-18(31)6-21(24(15)28)25(29)30/h5-8,16-17,25,32H,3-4,9-13,31H2,1-2H3,(H,33,34,35). The number of aryl methyl sites for hydroxylation is 1. The maximum Gasteiger partial charge on any atom is 0.266 e. The van der Waals surface area contributed by atoms with Gasteiger partial charge in [0.2, 0.25) is 0 Å². The summed E-state index contributed by atoms with van der Waals surface area (Å²) in [5, 5.41) is 6.91. The number of amides is 1. The minimum atomic E-state index is -2.99. The topological polar surface area (TPSA) is 115 Å². The summed E-state index contributed by atoms with van der Waals surface area (Å²) in [5.41, 5.74) is 6.61.